The molecule has 2 atom stereocenters. The zero-order valence-corrected chi connectivity index (χ0v) is 15.0. The van der Waals surface area contributed by atoms with Crippen molar-refractivity contribution in [3.05, 3.63) is 65.7 Å². The van der Waals surface area contributed by atoms with Crippen LogP contribution in [0.4, 0.5) is 4.79 Å². The fourth-order valence-corrected chi connectivity index (χ4v) is 2.64. The molecule has 0 aliphatic carbocycles. The molecule has 134 valence electrons. The van der Waals surface area contributed by atoms with Gasteiger partial charge in [0.15, 0.2) is 0 Å². The normalized spacial score (nSPS) is 14.2. The highest BCUT2D eigenvalue weighted by atomic mass is 16.5. The van der Waals surface area contributed by atoms with Crippen molar-refractivity contribution < 1.29 is 14.6 Å². The number of hydrogen-bond acceptors (Lipinski definition) is 3. The second kappa shape index (κ2) is 8.53. The number of rotatable bonds is 7. The predicted molar refractivity (Wildman–Crippen MR) is 98.8 cm³/mol. The van der Waals surface area contributed by atoms with Gasteiger partial charge in [-0.05, 0) is 24.1 Å². The first kappa shape index (κ1) is 18.8. The van der Waals surface area contributed by atoms with Gasteiger partial charge >= 0.3 is 6.03 Å². The fraction of sp³-hybridized carbons (Fsp3) is 0.350. The summed E-state index contributed by atoms with van der Waals surface area (Å²) >= 11 is 0. The van der Waals surface area contributed by atoms with Gasteiger partial charge in [0.05, 0.1) is 13.7 Å². The second-order valence-electron chi connectivity index (χ2n) is 6.35. The maximum Gasteiger partial charge on any atom is 0.314 e. The topological polar surface area (TPSA) is 70.6 Å². The minimum absolute atomic E-state index is 0.108. The summed E-state index contributed by atoms with van der Waals surface area (Å²) in [6, 6.07) is 16.7. The Kier molecular flexibility index (Phi) is 6.42. The summed E-state index contributed by atoms with van der Waals surface area (Å²) in [5.74, 6) is 0.917. The van der Waals surface area contributed by atoms with E-state index in [1.807, 2.05) is 61.5 Å². The molecule has 5 nitrogen and oxygen atoms in total. The monoisotopic (exact) mass is 342 g/mol. The van der Waals surface area contributed by atoms with Crippen LogP contribution in [0.25, 0.3) is 0 Å². The minimum Gasteiger partial charge on any atom is -0.496 e. The van der Waals surface area contributed by atoms with Gasteiger partial charge in [-0.25, -0.2) is 4.79 Å². The van der Waals surface area contributed by atoms with Crippen LogP contribution < -0.4 is 15.4 Å². The Labute approximate surface area is 149 Å². The summed E-state index contributed by atoms with van der Waals surface area (Å²) in [6.07, 6.45) is 0. The van der Waals surface area contributed by atoms with Gasteiger partial charge in [0, 0.05) is 12.5 Å². The molecule has 25 heavy (non-hydrogen) atoms. The highest BCUT2D eigenvalue weighted by molar-refractivity contribution is 5.74. The van der Waals surface area contributed by atoms with E-state index >= 15 is 0 Å². The number of urea groups is 1. The zero-order chi connectivity index (χ0) is 18.3. The number of aliphatic hydroxyl groups is 1. The van der Waals surface area contributed by atoms with Crippen LogP contribution in [0.3, 0.4) is 0 Å². The van der Waals surface area contributed by atoms with E-state index < -0.39 is 5.60 Å². The van der Waals surface area contributed by atoms with E-state index in [0.717, 1.165) is 16.9 Å². The highest BCUT2D eigenvalue weighted by Gasteiger charge is 2.23. The summed E-state index contributed by atoms with van der Waals surface area (Å²) in [4.78, 5) is 12.0. The Morgan fingerprint density at radius 1 is 1.12 bits per heavy atom. The van der Waals surface area contributed by atoms with E-state index in [0.29, 0.717) is 6.54 Å². The molecule has 2 aromatic rings. The Morgan fingerprint density at radius 3 is 2.44 bits per heavy atom. The molecule has 3 N–H and O–H groups in total. The van der Waals surface area contributed by atoms with E-state index in [4.69, 9.17) is 4.74 Å². The second-order valence-corrected chi connectivity index (χ2v) is 6.35. The van der Waals surface area contributed by atoms with Crippen molar-refractivity contribution in [2.45, 2.75) is 25.4 Å². The quantitative estimate of drug-likeness (QED) is 0.724. The largest absolute Gasteiger partial charge is 0.496 e. The average molecular weight is 342 g/mol. The van der Waals surface area contributed by atoms with Gasteiger partial charge in [-0.15, -0.1) is 0 Å². The van der Waals surface area contributed by atoms with Crippen molar-refractivity contribution in [1.29, 1.82) is 0 Å². The van der Waals surface area contributed by atoms with Gasteiger partial charge in [-0.2, -0.15) is 0 Å². The van der Waals surface area contributed by atoms with Gasteiger partial charge in [0.25, 0.3) is 0 Å². The lowest BCUT2D eigenvalue weighted by Crippen LogP contribution is -2.44. The van der Waals surface area contributed by atoms with Crippen LogP contribution in [-0.4, -0.2) is 31.3 Å². The number of benzene rings is 2. The summed E-state index contributed by atoms with van der Waals surface area (Å²) in [5, 5.41) is 16.1. The Bertz CT molecular complexity index is 686. The summed E-state index contributed by atoms with van der Waals surface area (Å²) in [7, 11) is 1.64. The van der Waals surface area contributed by atoms with E-state index in [2.05, 4.69) is 10.6 Å². The van der Waals surface area contributed by atoms with Gasteiger partial charge in [-0.1, -0.05) is 55.5 Å². The maximum absolute atomic E-state index is 12.0. The van der Waals surface area contributed by atoms with Gasteiger partial charge < -0.3 is 20.5 Å². The molecule has 0 spiro atoms. The third kappa shape index (κ3) is 5.22. The van der Waals surface area contributed by atoms with E-state index in [1.54, 1.807) is 14.0 Å². The smallest absolute Gasteiger partial charge is 0.314 e. The molecule has 2 aromatic carbocycles. The van der Waals surface area contributed by atoms with Crippen molar-refractivity contribution in [2.75, 3.05) is 20.2 Å². The molecule has 2 rings (SSSR count). The summed E-state index contributed by atoms with van der Waals surface area (Å²) in [5.41, 5.74) is 0.687. The molecule has 2 unspecified atom stereocenters. The Hall–Kier alpha value is -2.53. The lowest BCUT2D eigenvalue weighted by atomic mass is 9.96. The van der Waals surface area contributed by atoms with E-state index in [-0.39, 0.29) is 18.5 Å². The van der Waals surface area contributed by atoms with E-state index in [1.165, 1.54) is 0 Å². The molecule has 2 amide bonds. The number of amides is 2. The van der Waals surface area contributed by atoms with Gasteiger partial charge in [-0.3, -0.25) is 0 Å². The van der Waals surface area contributed by atoms with Crippen molar-refractivity contribution in [3.63, 3.8) is 0 Å². The third-order valence-electron chi connectivity index (χ3n) is 4.23. The standard InChI is InChI=1S/C20H26N2O3/c1-15(17-11-7-8-12-18(17)25-3)13-21-19(23)22-14-20(2,24)16-9-5-4-6-10-16/h4-12,15,24H,13-14H2,1-3H3,(H2,21,22,23). The van der Waals surface area contributed by atoms with Gasteiger partial charge in [0.2, 0.25) is 0 Å². The summed E-state index contributed by atoms with van der Waals surface area (Å²) in [6.45, 7) is 4.31. The van der Waals surface area contributed by atoms with Crippen LogP contribution >= 0.6 is 0 Å². The van der Waals surface area contributed by atoms with Crippen LogP contribution in [0, 0.1) is 0 Å². The van der Waals surface area contributed by atoms with Crippen molar-refractivity contribution in [3.8, 4) is 5.75 Å². The van der Waals surface area contributed by atoms with Crippen molar-refractivity contribution >= 4 is 6.03 Å². The molecule has 0 aromatic heterocycles. The first-order valence-corrected chi connectivity index (χ1v) is 8.36. The maximum atomic E-state index is 12.0. The molecular weight excluding hydrogens is 316 g/mol. The molecule has 0 bridgehead atoms. The third-order valence-corrected chi connectivity index (χ3v) is 4.23. The van der Waals surface area contributed by atoms with Crippen LogP contribution in [0.1, 0.15) is 30.9 Å². The van der Waals surface area contributed by atoms with E-state index in [9.17, 15) is 9.90 Å². The summed E-state index contributed by atoms with van der Waals surface area (Å²) < 4.78 is 5.35. The van der Waals surface area contributed by atoms with Crippen LogP contribution in [-0.2, 0) is 5.60 Å². The SMILES string of the molecule is COc1ccccc1C(C)CNC(=O)NCC(C)(O)c1ccccc1. The molecule has 0 aliphatic rings. The first-order valence-electron chi connectivity index (χ1n) is 8.36. The molecule has 0 fully saturated rings. The number of ether oxygens (including phenoxy) is 1. The lowest BCUT2D eigenvalue weighted by Gasteiger charge is -2.24. The average Bonchev–Trinajstić information content (AvgIpc) is 2.65. The van der Waals surface area contributed by atoms with Crippen LogP contribution in [0.15, 0.2) is 54.6 Å². The first-order chi connectivity index (χ1) is 11.9. The number of hydrogen-bond donors (Lipinski definition) is 3. The van der Waals surface area contributed by atoms with Crippen molar-refractivity contribution in [1.82, 2.24) is 10.6 Å². The van der Waals surface area contributed by atoms with Gasteiger partial charge in [0.1, 0.15) is 11.4 Å². The highest BCUT2D eigenvalue weighted by Crippen LogP contribution is 2.25. The molecule has 0 saturated carbocycles. The van der Waals surface area contributed by atoms with Crippen LogP contribution in [0.5, 0.6) is 5.75 Å². The molecule has 0 radical (unpaired) electrons. The lowest BCUT2D eigenvalue weighted by molar-refractivity contribution is 0.0594. The number of carbonyl (C=O) groups is 1. The Morgan fingerprint density at radius 2 is 1.76 bits per heavy atom. The van der Waals surface area contributed by atoms with Crippen molar-refractivity contribution in [2.24, 2.45) is 0 Å². The molecule has 0 aliphatic heterocycles. The van der Waals surface area contributed by atoms with Crippen LogP contribution in [0.2, 0.25) is 0 Å². The number of carbonyl (C=O) groups excluding carboxylic acids is 1. The molecule has 5 heteroatoms. The number of methoxy groups -OCH3 is 1. The fourth-order valence-electron chi connectivity index (χ4n) is 2.64. The molecule has 0 heterocycles. The molecular formula is C20H26N2O3. The zero-order valence-electron chi connectivity index (χ0n) is 15.0. The predicted octanol–water partition coefficient (Wildman–Crippen LogP) is 3.01. The Balaban J connectivity index is 1.84. The minimum atomic E-state index is -1.12. The molecule has 0 saturated heterocycles. The number of para-hydroxylation sites is 1. The number of nitrogens with one attached hydrogen (secondary N) is 2.